The lowest BCUT2D eigenvalue weighted by Crippen LogP contribution is -2.40. The fourth-order valence-corrected chi connectivity index (χ4v) is 5.23. The second-order valence-electron chi connectivity index (χ2n) is 10.5. The van der Waals surface area contributed by atoms with Gasteiger partial charge in [-0.2, -0.15) is 0 Å². The number of phosphoric ester groups is 1. The van der Waals surface area contributed by atoms with Gasteiger partial charge in [0, 0.05) is 13.0 Å². The number of rotatable bonds is 16. The number of nitrogens with two attached hydrogens (primary N) is 1. The number of aliphatic carboxylic acids is 1. The van der Waals surface area contributed by atoms with Crippen LogP contribution in [0.15, 0.2) is 72.8 Å². The summed E-state index contributed by atoms with van der Waals surface area (Å²) >= 11 is 0. The van der Waals surface area contributed by atoms with Crippen LogP contribution in [0, 0.1) is 6.92 Å². The van der Waals surface area contributed by atoms with Gasteiger partial charge in [-0.05, 0) is 67.6 Å². The highest BCUT2D eigenvalue weighted by atomic mass is 31.2. The second kappa shape index (κ2) is 16.5. The van der Waals surface area contributed by atoms with E-state index in [4.69, 9.17) is 34.3 Å². The first-order chi connectivity index (χ1) is 21.6. The Morgan fingerprint density at radius 1 is 1.04 bits per heavy atom. The quantitative estimate of drug-likeness (QED) is 0.142. The van der Waals surface area contributed by atoms with Crippen LogP contribution in [0.4, 0.5) is 0 Å². The Morgan fingerprint density at radius 3 is 2.60 bits per heavy atom. The van der Waals surface area contributed by atoms with E-state index in [1.165, 1.54) is 0 Å². The third-order valence-corrected chi connectivity index (χ3v) is 7.87. The molecule has 242 valence electrons. The van der Waals surface area contributed by atoms with Gasteiger partial charge in [0.1, 0.15) is 42.1 Å². The Bertz CT molecular complexity index is 1470. The van der Waals surface area contributed by atoms with Gasteiger partial charge < -0.3 is 34.7 Å². The fourth-order valence-electron chi connectivity index (χ4n) is 4.47. The lowest BCUT2D eigenvalue weighted by atomic mass is 10.1. The van der Waals surface area contributed by atoms with Crippen molar-refractivity contribution in [3.63, 3.8) is 0 Å². The van der Waals surface area contributed by atoms with Gasteiger partial charge in [0.25, 0.3) is 0 Å². The molecule has 3 aromatic carbocycles. The first-order valence-corrected chi connectivity index (χ1v) is 16.0. The highest BCUT2D eigenvalue weighted by Crippen LogP contribution is 2.43. The predicted octanol–water partition coefficient (Wildman–Crippen LogP) is 4.94. The van der Waals surface area contributed by atoms with Crippen molar-refractivity contribution < 1.29 is 52.1 Å². The number of carbonyl (C=O) groups is 2. The predicted molar refractivity (Wildman–Crippen MR) is 163 cm³/mol. The highest BCUT2D eigenvalue weighted by molar-refractivity contribution is 7.47. The van der Waals surface area contributed by atoms with Crippen molar-refractivity contribution >= 4 is 19.8 Å². The molecule has 1 saturated heterocycles. The summed E-state index contributed by atoms with van der Waals surface area (Å²) in [5.41, 5.74) is 8.19. The zero-order chi connectivity index (χ0) is 32.2. The van der Waals surface area contributed by atoms with E-state index in [1.54, 1.807) is 0 Å². The summed E-state index contributed by atoms with van der Waals surface area (Å²) in [5.74, 6) is 0.227. The van der Waals surface area contributed by atoms with E-state index in [9.17, 15) is 19.0 Å². The third kappa shape index (κ3) is 11.3. The summed E-state index contributed by atoms with van der Waals surface area (Å²) in [6.45, 7) is 1.56. The molecule has 1 aliphatic rings. The molecule has 0 amide bonds. The van der Waals surface area contributed by atoms with E-state index in [2.05, 4.69) is 4.52 Å². The van der Waals surface area contributed by atoms with Crippen molar-refractivity contribution in [1.29, 1.82) is 0 Å². The van der Waals surface area contributed by atoms with Crippen molar-refractivity contribution in [3.8, 4) is 17.2 Å². The van der Waals surface area contributed by atoms with E-state index in [0.717, 1.165) is 22.4 Å². The zero-order valence-corrected chi connectivity index (χ0v) is 25.8. The van der Waals surface area contributed by atoms with Gasteiger partial charge in [0.2, 0.25) is 0 Å². The minimum Gasteiger partial charge on any atom is -0.489 e. The van der Waals surface area contributed by atoms with Crippen LogP contribution in [-0.4, -0.2) is 60.0 Å². The lowest BCUT2D eigenvalue weighted by Gasteiger charge is -2.31. The Kier molecular flexibility index (Phi) is 12.5. The Hall–Kier alpha value is -3.77. The topological polar surface area (TPSA) is 173 Å². The largest absolute Gasteiger partial charge is 0.489 e. The van der Waals surface area contributed by atoms with Gasteiger partial charge in [0.05, 0.1) is 13.2 Å². The van der Waals surface area contributed by atoms with Crippen molar-refractivity contribution in [2.45, 2.75) is 57.5 Å². The Labute approximate surface area is 261 Å². The molecule has 12 nitrogen and oxygen atoms in total. The highest BCUT2D eigenvalue weighted by Gasteiger charge is 2.33. The molecule has 1 fully saturated rings. The van der Waals surface area contributed by atoms with Gasteiger partial charge in [-0.15, -0.1) is 0 Å². The van der Waals surface area contributed by atoms with Crippen LogP contribution in [0.5, 0.6) is 17.2 Å². The van der Waals surface area contributed by atoms with Crippen LogP contribution < -0.4 is 15.2 Å². The number of aryl methyl sites for hydroxylation is 2. The molecular weight excluding hydrogens is 605 g/mol. The molecule has 4 N–H and O–H groups in total. The van der Waals surface area contributed by atoms with Gasteiger partial charge in [0.15, 0.2) is 0 Å². The Balaban J connectivity index is 1.26. The van der Waals surface area contributed by atoms with Gasteiger partial charge in [-0.1, -0.05) is 48.0 Å². The van der Waals surface area contributed by atoms with Crippen molar-refractivity contribution in [2.24, 2.45) is 5.73 Å². The van der Waals surface area contributed by atoms with Crippen LogP contribution in [0.2, 0.25) is 0 Å². The SMILES string of the molecule is Cc1ccc(Oc2cccc(COc3ccccc3CCC(=O)O[C@@H]3CCCO[C@@H]3COP(=O)(O)OC[C@H](N)C(=O)O)c2)cc1. The smallest absolute Gasteiger partial charge is 0.472 e. The molecule has 0 aromatic heterocycles. The standard InChI is InChI=1S/C32H38NO11P/c1-22-11-14-25(15-12-22)43-26-8-4-6-23(18-26)19-40-28-9-3-2-7-24(28)13-16-31(34)44-29-10-5-17-39-30(29)21-42-45(37,38)41-20-27(33)32(35)36/h2-4,6-9,11-12,14-15,18,27,29-30H,5,10,13,16-17,19-21,33H2,1H3,(H,35,36)(H,37,38)/t27-,29+,30+/m0/s1. The summed E-state index contributed by atoms with van der Waals surface area (Å²) in [4.78, 5) is 33.5. The number of carboxylic acids is 1. The summed E-state index contributed by atoms with van der Waals surface area (Å²) in [7, 11) is -4.61. The number of phosphoric acid groups is 1. The maximum atomic E-state index is 12.8. The van der Waals surface area contributed by atoms with E-state index in [-0.39, 0.29) is 6.42 Å². The van der Waals surface area contributed by atoms with E-state index in [1.807, 2.05) is 79.7 Å². The van der Waals surface area contributed by atoms with Crippen LogP contribution in [-0.2, 0) is 45.7 Å². The van der Waals surface area contributed by atoms with Crippen molar-refractivity contribution in [2.75, 3.05) is 19.8 Å². The maximum absolute atomic E-state index is 12.8. The molecule has 1 unspecified atom stereocenters. The lowest BCUT2D eigenvalue weighted by molar-refractivity contribution is -0.166. The molecule has 13 heteroatoms. The monoisotopic (exact) mass is 643 g/mol. The normalized spacial score (nSPS) is 18.4. The molecule has 45 heavy (non-hydrogen) atoms. The first-order valence-electron chi connectivity index (χ1n) is 14.5. The number of carboxylic acid groups (broad SMARTS) is 1. The molecule has 0 radical (unpaired) electrons. The average Bonchev–Trinajstić information content (AvgIpc) is 3.03. The number of esters is 1. The van der Waals surface area contributed by atoms with E-state index < -0.39 is 51.2 Å². The van der Waals surface area contributed by atoms with Crippen LogP contribution >= 0.6 is 7.82 Å². The molecular formula is C32H38NO11P. The fraction of sp³-hybridized carbons (Fsp3) is 0.375. The average molecular weight is 644 g/mol. The number of benzene rings is 3. The van der Waals surface area contributed by atoms with Gasteiger partial charge in [-0.3, -0.25) is 18.6 Å². The molecule has 0 aliphatic carbocycles. The van der Waals surface area contributed by atoms with E-state index >= 15 is 0 Å². The minimum atomic E-state index is -4.61. The number of hydrogen-bond donors (Lipinski definition) is 3. The molecule has 1 heterocycles. The molecule has 3 aromatic rings. The summed E-state index contributed by atoms with van der Waals surface area (Å²) in [6, 6.07) is 21.4. The molecule has 4 rings (SSSR count). The second-order valence-corrected chi connectivity index (χ2v) is 12.0. The zero-order valence-electron chi connectivity index (χ0n) is 24.9. The molecule has 4 atom stereocenters. The number of hydrogen-bond acceptors (Lipinski definition) is 10. The van der Waals surface area contributed by atoms with Gasteiger partial charge in [-0.25, -0.2) is 4.57 Å². The summed E-state index contributed by atoms with van der Waals surface area (Å²) in [5, 5.41) is 8.80. The molecule has 0 bridgehead atoms. The first kappa shape index (κ1) is 34.1. The summed E-state index contributed by atoms with van der Waals surface area (Å²) in [6.07, 6.45) is 0.0354. The molecule has 1 aliphatic heterocycles. The maximum Gasteiger partial charge on any atom is 0.472 e. The summed E-state index contributed by atoms with van der Waals surface area (Å²) < 4.78 is 45.1. The molecule has 0 saturated carbocycles. The van der Waals surface area contributed by atoms with Gasteiger partial charge >= 0.3 is 19.8 Å². The minimum absolute atomic E-state index is 0.0685. The Morgan fingerprint density at radius 2 is 1.82 bits per heavy atom. The number of ether oxygens (including phenoxy) is 4. The van der Waals surface area contributed by atoms with E-state index in [0.29, 0.717) is 44.0 Å². The number of para-hydroxylation sites is 1. The van der Waals surface area contributed by atoms with Crippen LogP contribution in [0.1, 0.15) is 36.0 Å². The number of carbonyl (C=O) groups excluding carboxylic acids is 1. The molecule has 0 spiro atoms. The van der Waals surface area contributed by atoms with Crippen LogP contribution in [0.25, 0.3) is 0 Å². The van der Waals surface area contributed by atoms with Crippen molar-refractivity contribution in [1.82, 2.24) is 0 Å². The van der Waals surface area contributed by atoms with Crippen molar-refractivity contribution in [3.05, 3.63) is 89.5 Å². The third-order valence-electron chi connectivity index (χ3n) is 6.92. The van der Waals surface area contributed by atoms with Crippen LogP contribution in [0.3, 0.4) is 0 Å².